The molecule has 1 aromatic carbocycles. The van der Waals surface area contributed by atoms with Crippen LogP contribution < -0.4 is 15.1 Å². The maximum absolute atomic E-state index is 11.8. The number of hydrogen-bond donors (Lipinski definition) is 3. The van der Waals surface area contributed by atoms with E-state index < -0.39 is 11.7 Å². The molecule has 0 aliphatic rings. The maximum atomic E-state index is 11.8. The molecule has 7 nitrogen and oxygen atoms in total. The Balaban J connectivity index is 2.25. The molecule has 0 fully saturated rings. The van der Waals surface area contributed by atoms with Crippen molar-refractivity contribution in [3.05, 3.63) is 41.0 Å². The molecule has 23 heavy (non-hydrogen) atoms. The van der Waals surface area contributed by atoms with Gasteiger partial charge >= 0.3 is 5.63 Å². The minimum absolute atomic E-state index is 0.153. The zero-order chi connectivity index (χ0) is 16.8. The van der Waals surface area contributed by atoms with Gasteiger partial charge in [-0.3, -0.25) is 0 Å². The molecule has 0 radical (unpaired) electrons. The molecule has 0 bridgehead atoms. The predicted octanol–water partition coefficient (Wildman–Crippen LogP) is 1.53. The van der Waals surface area contributed by atoms with Crippen molar-refractivity contribution < 1.29 is 29.2 Å². The highest BCUT2D eigenvalue weighted by Gasteiger charge is 2.15. The molecule has 0 aliphatic carbocycles. The van der Waals surface area contributed by atoms with E-state index >= 15 is 0 Å². The number of allylic oxidation sites excluding steroid dienone is 1. The van der Waals surface area contributed by atoms with Gasteiger partial charge in [0.2, 0.25) is 0 Å². The number of rotatable bonds is 7. The van der Waals surface area contributed by atoms with Crippen molar-refractivity contribution in [2.75, 3.05) is 13.2 Å². The van der Waals surface area contributed by atoms with Crippen molar-refractivity contribution in [3.63, 3.8) is 0 Å². The average Bonchev–Trinajstić information content (AvgIpc) is 2.54. The molecule has 0 spiro atoms. The third-order valence-electron chi connectivity index (χ3n) is 3.06. The Morgan fingerprint density at radius 1 is 1.39 bits per heavy atom. The second-order valence-electron chi connectivity index (χ2n) is 4.79. The lowest BCUT2D eigenvalue weighted by molar-refractivity contribution is 0.0754. The van der Waals surface area contributed by atoms with E-state index in [1.54, 1.807) is 19.1 Å². The second-order valence-corrected chi connectivity index (χ2v) is 4.79. The Hall–Kier alpha value is -2.51. The fourth-order valence-electron chi connectivity index (χ4n) is 1.88. The normalized spacial score (nSPS) is 12.7. The van der Waals surface area contributed by atoms with Gasteiger partial charge in [0, 0.05) is 12.5 Å². The summed E-state index contributed by atoms with van der Waals surface area (Å²) in [5.74, 6) is -0.181. The van der Waals surface area contributed by atoms with E-state index in [0.29, 0.717) is 11.1 Å². The number of aromatic hydroxyl groups is 1. The highest BCUT2D eigenvalue weighted by atomic mass is 16.5. The maximum Gasteiger partial charge on any atom is 0.383 e. The van der Waals surface area contributed by atoms with Crippen LogP contribution in [0.15, 0.2) is 39.7 Å². The Labute approximate surface area is 132 Å². The lowest BCUT2D eigenvalue weighted by Gasteiger charge is -2.10. The first-order chi connectivity index (χ1) is 11.1. The summed E-state index contributed by atoms with van der Waals surface area (Å²) in [6.45, 7) is 1.56. The van der Waals surface area contributed by atoms with Gasteiger partial charge in [-0.25, -0.2) is 4.79 Å². The molecule has 2 aromatic rings. The lowest BCUT2D eigenvalue weighted by Crippen LogP contribution is -2.15. The van der Waals surface area contributed by atoms with E-state index in [1.165, 1.54) is 18.4 Å². The first-order valence-corrected chi connectivity index (χ1v) is 7.06. The molecule has 1 aromatic heterocycles. The van der Waals surface area contributed by atoms with E-state index in [2.05, 4.69) is 0 Å². The molecular formula is C16H18O7. The first-order valence-electron chi connectivity index (χ1n) is 7.06. The van der Waals surface area contributed by atoms with Crippen molar-refractivity contribution >= 4 is 11.0 Å². The van der Waals surface area contributed by atoms with E-state index in [-0.39, 0.29) is 36.7 Å². The molecule has 2 rings (SSSR count). The summed E-state index contributed by atoms with van der Waals surface area (Å²) >= 11 is 0. The third kappa shape index (κ3) is 4.02. The largest absolute Gasteiger partial charge is 0.504 e. The summed E-state index contributed by atoms with van der Waals surface area (Å²) in [5.41, 5.74) is -0.651. The summed E-state index contributed by atoms with van der Waals surface area (Å²) < 4.78 is 15.6. The van der Waals surface area contributed by atoms with Gasteiger partial charge < -0.3 is 29.2 Å². The fourth-order valence-corrected chi connectivity index (χ4v) is 1.88. The molecular weight excluding hydrogens is 304 g/mol. The van der Waals surface area contributed by atoms with E-state index in [1.807, 2.05) is 0 Å². The van der Waals surface area contributed by atoms with Gasteiger partial charge in [-0.05, 0) is 19.1 Å². The number of aliphatic hydroxyl groups is 2. The quantitative estimate of drug-likeness (QED) is 0.524. The molecule has 3 N–H and O–H groups in total. The van der Waals surface area contributed by atoms with E-state index in [4.69, 9.17) is 19.0 Å². The molecule has 1 atom stereocenters. The van der Waals surface area contributed by atoms with Gasteiger partial charge in [-0.2, -0.15) is 0 Å². The number of ether oxygens (including phenoxy) is 2. The van der Waals surface area contributed by atoms with Crippen LogP contribution in [-0.2, 0) is 0 Å². The van der Waals surface area contributed by atoms with Crippen molar-refractivity contribution in [1.29, 1.82) is 0 Å². The number of fused-ring (bicyclic) bond motifs is 1. The highest BCUT2D eigenvalue weighted by Crippen LogP contribution is 2.33. The monoisotopic (exact) mass is 322 g/mol. The number of aliphatic hydroxyl groups excluding tert-OH is 2. The van der Waals surface area contributed by atoms with Crippen LogP contribution in [0.4, 0.5) is 0 Å². The topological polar surface area (TPSA) is 109 Å². The van der Waals surface area contributed by atoms with Crippen LogP contribution in [0.25, 0.3) is 11.0 Å². The van der Waals surface area contributed by atoms with Crippen molar-refractivity contribution in [2.45, 2.75) is 19.4 Å². The van der Waals surface area contributed by atoms with Crippen LogP contribution in [0.2, 0.25) is 0 Å². The highest BCUT2D eigenvalue weighted by molar-refractivity contribution is 5.86. The summed E-state index contributed by atoms with van der Waals surface area (Å²) in [4.78, 5) is 11.8. The summed E-state index contributed by atoms with van der Waals surface area (Å²) in [5, 5.41) is 28.4. The first kappa shape index (κ1) is 16.9. The van der Waals surface area contributed by atoms with Crippen molar-refractivity contribution in [1.82, 2.24) is 0 Å². The minimum Gasteiger partial charge on any atom is -0.504 e. The van der Waals surface area contributed by atoms with Gasteiger partial charge in [0.05, 0.1) is 31.0 Å². The van der Waals surface area contributed by atoms with Gasteiger partial charge in [0.15, 0.2) is 5.75 Å². The van der Waals surface area contributed by atoms with Crippen molar-refractivity contribution in [2.24, 2.45) is 0 Å². The molecule has 1 unspecified atom stereocenters. The van der Waals surface area contributed by atoms with Crippen LogP contribution >= 0.6 is 0 Å². The molecule has 1 heterocycles. The third-order valence-corrected chi connectivity index (χ3v) is 3.06. The molecule has 0 aliphatic heterocycles. The van der Waals surface area contributed by atoms with Gasteiger partial charge in [-0.1, -0.05) is 6.08 Å². The van der Waals surface area contributed by atoms with E-state index in [0.717, 1.165) is 0 Å². The predicted molar refractivity (Wildman–Crippen MR) is 82.8 cm³/mol. The second kappa shape index (κ2) is 7.66. The Morgan fingerprint density at radius 2 is 2.17 bits per heavy atom. The molecule has 0 amide bonds. The summed E-state index contributed by atoms with van der Waals surface area (Å²) in [7, 11) is 0. The van der Waals surface area contributed by atoms with Crippen LogP contribution in [-0.4, -0.2) is 34.6 Å². The van der Waals surface area contributed by atoms with Gasteiger partial charge in [0.25, 0.3) is 5.75 Å². The smallest absolute Gasteiger partial charge is 0.383 e. The molecule has 124 valence electrons. The number of hydrogen-bond acceptors (Lipinski definition) is 7. The number of benzene rings is 1. The van der Waals surface area contributed by atoms with Crippen LogP contribution in [0.5, 0.6) is 17.2 Å². The lowest BCUT2D eigenvalue weighted by atomic mass is 10.2. The van der Waals surface area contributed by atoms with Gasteiger partial charge in [0.1, 0.15) is 11.3 Å². The molecule has 0 saturated heterocycles. The summed E-state index contributed by atoms with van der Waals surface area (Å²) in [6.07, 6.45) is 2.26. The average molecular weight is 322 g/mol. The summed E-state index contributed by atoms with van der Waals surface area (Å²) in [6, 6.07) is 4.59. The zero-order valence-electron chi connectivity index (χ0n) is 12.6. The van der Waals surface area contributed by atoms with Crippen LogP contribution in [0, 0.1) is 0 Å². The zero-order valence-corrected chi connectivity index (χ0v) is 12.6. The Kier molecular flexibility index (Phi) is 5.61. The molecule has 7 heteroatoms. The van der Waals surface area contributed by atoms with Crippen molar-refractivity contribution in [3.8, 4) is 17.2 Å². The molecule has 0 saturated carbocycles. The minimum atomic E-state index is -0.844. The van der Waals surface area contributed by atoms with Crippen LogP contribution in [0.1, 0.15) is 13.3 Å². The Morgan fingerprint density at radius 3 is 2.87 bits per heavy atom. The SMILES string of the molecule is CC=COc1c(O)c2ccc(OCCC(O)CO)cc2oc1=O. The van der Waals surface area contributed by atoms with E-state index in [9.17, 15) is 15.0 Å². The van der Waals surface area contributed by atoms with Crippen LogP contribution in [0.3, 0.4) is 0 Å². The standard InChI is InChI=1S/C16H18O7/c1-2-6-22-15-14(19)12-4-3-11(8-13(12)23-16(15)20)21-7-5-10(18)9-17/h2-4,6,8,10,17-19H,5,7,9H2,1H3. The Bertz CT molecular complexity index is 748. The fraction of sp³-hybridized carbons (Fsp3) is 0.312. The van der Waals surface area contributed by atoms with Gasteiger partial charge in [-0.15, -0.1) is 0 Å².